The summed E-state index contributed by atoms with van der Waals surface area (Å²) in [5.74, 6) is -2.46. The fraction of sp³-hybridized carbons (Fsp3) is 0.571. The van der Waals surface area contributed by atoms with E-state index >= 15 is 0 Å². The Kier molecular flexibility index (Phi) is 2.74. The Labute approximate surface area is 73.7 Å². The standard InChI is InChI=1S/C7H10O6/c8-2-3(9)1-4-5(10)6(11)7(12)13-4/h3-4,8-11H,1-2H2/t3?,4-/m1/s1. The summed E-state index contributed by atoms with van der Waals surface area (Å²) in [7, 11) is 0. The third-order valence-electron chi connectivity index (χ3n) is 1.69. The Bertz CT molecular complexity index is 245. The lowest BCUT2D eigenvalue weighted by molar-refractivity contribution is -0.143. The van der Waals surface area contributed by atoms with E-state index in [2.05, 4.69) is 4.74 Å². The summed E-state index contributed by atoms with van der Waals surface area (Å²) in [4.78, 5) is 10.6. The lowest BCUT2D eigenvalue weighted by atomic mass is 10.1. The number of aliphatic hydroxyl groups is 4. The first kappa shape index (κ1) is 9.82. The number of hydrogen-bond acceptors (Lipinski definition) is 6. The molecule has 0 spiro atoms. The average molecular weight is 190 g/mol. The smallest absolute Gasteiger partial charge is 0.377 e. The van der Waals surface area contributed by atoms with Crippen LogP contribution in [-0.2, 0) is 9.53 Å². The van der Waals surface area contributed by atoms with E-state index < -0.39 is 36.3 Å². The van der Waals surface area contributed by atoms with Gasteiger partial charge in [-0.25, -0.2) is 4.79 Å². The summed E-state index contributed by atoms with van der Waals surface area (Å²) in [5.41, 5.74) is 0. The van der Waals surface area contributed by atoms with Crippen molar-refractivity contribution in [3.05, 3.63) is 11.5 Å². The van der Waals surface area contributed by atoms with Crippen LogP contribution in [0.4, 0.5) is 0 Å². The molecule has 4 N–H and O–H groups in total. The predicted molar refractivity (Wildman–Crippen MR) is 39.9 cm³/mol. The van der Waals surface area contributed by atoms with Crippen LogP contribution < -0.4 is 0 Å². The van der Waals surface area contributed by atoms with E-state index in [4.69, 9.17) is 20.4 Å². The molecule has 1 aliphatic rings. The van der Waals surface area contributed by atoms with Crippen LogP contribution in [-0.4, -0.2) is 45.2 Å². The van der Waals surface area contributed by atoms with Gasteiger partial charge in [0.1, 0.15) is 0 Å². The van der Waals surface area contributed by atoms with E-state index in [1.165, 1.54) is 0 Å². The van der Waals surface area contributed by atoms with Crippen LogP contribution in [0.5, 0.6) is 0 Å². The molecule has 1 rings (SSSR count). The monoisotopic (exact) mass is 190 g/mol. The number of carbonyl (C=O) groups excluding carboxylic acids is 1. The van der Waals surface area contributed by atoms with Gasteiger partial charge in [0.25, 0.3) is 0 Å². The summed E-state index contributed by atoms with van der Waals surface area (Å²) in [6, 6.07) is 0. The Morgan fingerprint density at radius 1 is 1.46 bits per heavy atom. The predicted octanol–water partition coefficient (Wildman–Crippen LogP) is -1.02. The van der Waals surface area contributed by atoms with Crippen molar-refractivity contribution in [1.82, 2.24) is 0 Å². The zero-order chi connectivity index (χ0) is 10.0. The lowest BCUT2D eigenvalue weighted by Crippen LogP contribution is -2.22. The molecule has 1 aliphatic heterocycles. The second-order valence-electron chi connectivity index (χ2n) is 2.70. The Morgan fingerprint density at radius 3 is 2.46 bits per heavy atom. The van der Waals surface area contributed by atoms with Gasteiger partial charge in [0.2, 0.25) is 5.76 Å². The van der Waals surface area contributed by atoms with Crippen molar-refractivity contribution in [1.29, 1.82) is 0 Å². The molecule has 0 saturated heterocycles. The molecule has 0 aromatic carbocycles. The van der Waals surface area contributed by atoms with Crippen LogP contribution in [0.25, 0.3) is 0 Å². The fourth-order valence-corrected chi connectivity index (χ4v) is 0.979. The van der Waals surface area contributed by atoms with Crippen molar-refractivity contribution in [3.8, 4) is 0 Å². The Hall–Kier alpha value is -1.27. The molecular formula is C7H10O6. The van der Waals surface area contributed by atoms with Gasteiger partial charge in [-0.15, -0.1) is 0 Å². The van der Waals surface area contributed by atoms with Crippen LogP contribution in [0.15, 0.2) is 11.5 Å². The number of esters is 1. The van der Waals surface area contributed by atoms with E-state index in [1.807, 2.05) is 0 Å². The minimum Gasteiger partial charge on any atom is -0.505 e. The van der Waals surface area contributed by atoms with E-state index in [0.717, 1.165) is 0 Å². The molecule has 0 aromatic rings. The van der Waals surface area contributed by atoms with Crippen LogP contribution in [0.3, 0.4) is 0 Å². The maximum Gasteiger partial charge on any atom is 0.377 e. The molecule has 0 bridgehead atoms. The molecule has 0 radical (unpaired) electrons. The van der Waals surface area contributed by atoms with E-state index in [0.29, 0.717) is 0 Å². The number of ether oxygens (including phenoxy) is 1. The van der Waals surface area contributed by atoms with Crippen LogP contribution in [0, 0.1) is 0 Å². The van der Waals surface area contributed by atoms with Gasteiger partial charge in [0.05, 0.1) is 12.7 Å². The van der Waals surface area contributed by atoms with Crippen LogP contribution in [0.2, 0.25) is 0 Å². The largest absolute Gasteiger partial charge is 0.505 e. The van der Waals surface area contributed by atoms with Crippen LogP contribution in [0.1, 0.15) is 6.42 Å². The lowest BCUT2D eigenvalue weighted by Gasteiger charge is -2.12. The van der Waals surface area contributed by atoms with Gasteiger partial charge in [-0.2, -0.15) is 0 Å². The molecule has 13 heavy (non-hydrogen) atoms. The first-order chi connectivity index (χ1) is 6.06. The van der Waals surface area contributed by atoms with E-state index in [1.54, 1.807) is 0 Å². The minimum absolute atomic E-state index is 0.141. The third-order valence-corrected chi connectivity index (χ3v) is 1.69. The first-order valence-electron chi connectivity index (χ1n) is 3.68. The van der Waals surface area contributed by atoms with Crippen molar-refractivity contribution >= 4 is 5.97 Å². The molecule has 0 aromatic heterocycles. The summed E-state index contributed by atoms with van der Waals surface area (Å²) in [6.07, 6.45) is -2.29. The molecule has 0 saturated carbocycles. The molecule has 0 amide bonds. The highest BCUT2D eigenvalue weighted by Gasteiger charge is 2.35. The zero-order valence-electron chi connectivity index (χ0n) is 6.67. The Morgan fingerprint density at radius 2 is 2.08 bits per heavy atom. The van der Waals surface area contributed by atoms with E-state index in [9.17, 15) is 4.79 Å². The topological polar surface area (TPSA) is 107 Å². The molecule has 0 fully saturated rings. The molecular weight excluding hydrogens is 180 g/mol. The van der Waals surface area contributed by atoms with Gasteiger partial charge in [-0.05, 0) is 0 Å². The summed E-state index contributed by atoms with van der Waals surface area (Å²) >= 11 is 0. The van der Waals surface area contributed by atoms with Gasteiger partial charge in [0.15, 0.2) is 11.9 Å². The van der Waals surface area contributed by atoms with Gasteiger partial charge >= 0.3 is 5.97 Å². The number of aliphatic hydroxyl groups excluding tert-OH is 4. The molecule has 6 heteroatoms. The average Bonchev–Trinajstić information content (AvgIpc) is 2.34. The summed E-state index contributed by atoms with van der Waals surface area (Å²) < 4.78 is 4.47. The summed E-state index contributed by atoms with van der Waals surface area (Å²) in [6.45, 7) is -0.498. The minimum atomic E-state index is -1.09. The van der Waals surface area contributed by atoms with Crippen molar-refractivity contribution in [3.63, 3.8) is 0 Å². The molecule has 6 nitrogen and oxygen atoms in total. The maximum absolute atomic E-state index is 10.6. The first-order valence-corrected chi connectivity index (χ1v) is 3.68. The molecule has 2 atom stereocenters. The fourth-order valence-electron chi connectivity index (χ4n) is 0.979. The highest BCUT2D eigenvalue weighted by Crippen LogP contribution is 2.21. The van der Waals surface area contributed by atoms with Crippen molar-refractivity contribution < 1.29 is 30.0 Å². The third kappa shape index (κ3) is 1.90. The Balaban J connectivity index is 2.61. The SMILES string of the molecule is O=C1O[C@H](CC(O)CO)C(O)=C1O. The van der Waals surface area contributed by atoms with Crippen molar-refractivity contribution in [2.24, 2.45) is 0 Å². The van der Waals surface area contributed by atoms with E-state index in [-0.39, 0.29) is 6.42 Å². The normalized spacial score (nSPS) is 24.8. The molecule has 0 aliphatic carbocycles. The highest BCUT2D eigenvalue weighted by atomic mass is 16.6. The maximum atomic E-state index is 10.6. The number of carbonyl (C=O) groups is 1. The number of rotatable bonds is 3. The van der Waals surface area contributed by atoms with Crippen molar-refractivity contribution in [2.45, 2.75) is 18.6 Å². The molecule has 1 heterocycles. The number of cyclic esters (lactones) is 1. The van der Waals surface area contributed by atoms with Gasteiger partial charge in [0, 0.05) is 6.42 Å². The highest BCUT2D eigenvalue weighted by molar-refractivity contribution is 5.88. The molecule has 74 valence electrons. The second-order valence-corrected chi connectivity index (χ2v) is 2.70. The van der Waals surface area contributed by atoms with Gasteiger partial charge in [-0.3, -0.25) is 0 Å². The van der Waals surface area contributed by atoms with Gasteiger partial charge in [-0.1, -0.05) is 0 Å². The number of hydrogen-bond donors (Lipinski definition) is 4. The quantitative estimate of drug-likeness (QED) is 0.424. The summed E-state index contributed by atoms with van der Waals surface area (Å²) in [5, 5.41) is 35.3. The zero-order valence-corrected chi connectivity index (χ0v) is 6.67. The van der Waals surface area contributed by atoms with Crippen molar-refractivity contribution in [2.75, 3.05) is 6.61 Å². The molecule has 1 unspecified atom stereocenters. The second kappa shape index (κ2) is 3.63. The van der Waals surface area contributed by atoms with Gasteiger partial charge < -0.3 is 25.2 Å². The van der Waals surface area contributed by atoms with Crippen LogP contribution >= 0.6 is 0 Å².